The Kier molecular flexibility index (Phi) is 3.84. The van der Waals surface area contributed by atoms with Gasteiger partial charge in [0.1, 0.15) is 10.4 Å². The minimum absolute atomic E-state index is 0.681. The second-order valence-corrected chi connectivity index (χ2v) is 5.20. The van der Waals surface area contributed by atoms with Gasteiger partial charge in [-0.2, -0.15) is 0 Å². The molecule has 0 radical (unpaired) electrons. The zero-order valence-electron chi connectivity index (χ0n) is 8.05. The molecule has 0 unspecified atom stereocenters. The fourth-order valence-corrected chi connectivity index (χ4v) is 2.07. The average molecular weight is 362 g/mol. The maximum absolute atomic E-state index is 5.92. The molecule has 82 valence electrons. The van der Waals surface area contributed by atoms with Crippen molar-refractivity contribution in [2.45, 2.75) is 0 Å². The van der Waals surface area contributed by atoms with Gasteiger partial charge in [-0.25, -0.2) is 4.98 Å². The first kappa shape index (κ1) is 11.9. The van der Waals surface area contributed by atoms with Crippen LogP contribution in [0.5, 0.6) is 0 Å². The Morgan fingerprint density at radius 1 is 1.12 bits per heavy atom. The summed E-state index contributed by atoms with van der Waals surface area (Å²) in [6.07, 6.45) is 0. The van der Waals surface area contributed by atoms with Crippen LogP contribution in [0.2, 0.25) is 5.02 Å². The molecule has 1 aromatic heterocycles. The van der Waals surface area contributed by atoms with Crippen LogP contribution in [0.4, 0.5) is 11.5 Å². The van der Waals surface area contributed by atoms with Gasteiger partial charge in [0.2, 0.25) is 0 Å². The van der Waals surface area contributed by atoms with E-state index in [0.29, 0.717) is 5.02 Å². The maximum atomic E-state index is 5.92. The molecule has 5 heteroatoms. The molecule has 1 heterocycles. The third-order valence-corrected chi connectivity index (χ3v) is 3.27. The molecule has 0 aliphatic heterocycles. The molecule has 0 saturated heterocycles. The second kappa shape index (κ2) is 5.17. The third-order valence-electron chi connectivity index (χ3n) is 1.91. The molecule has 0 atom stereocenters. The highest BCUT2D eigenvalue weighted by molar-refractivity contribution is 9.10. The fraction of sp³-hybridized carbons (Fsp3) is 0. The molecule has 16 heavy (non-hydrogen) atoms. The quantitative estimate of drug-likeness (QED) is 0.760. The standard InChI is InChI=1S/C11H7Br2ClN2/c12-8-5-4-7(14)6-9(8)15-11-3-1-2-10(13)16-11/h1-6H,(H,15,16). The third kappa shape index (κ3) is 2.97. The van der Waals surface area contributed by atoms with E-state index in [9.17, 15) is 0 Å². The van der Waals surface area contributed by atoms with Crippen LogP contribution in [0.1, 0.15) is 0 Å². The molecule has 0 aliphatic carbocycles. The predicted molar refractivity (Wildman–Crippen MR) is 74.4 cm³/mol. The maximum Gasteiger partial charge on any atom is 0.131 e. The molecule has 0 saturated carbocycles. The minimum atomic E-state index is 0.681. The summed E-state index contributed by atoms with van der Waals surface area (Å²) in [4.78, 5) is 4.28. The number of benzene rings is 1. The lowest BCUT2D eigenvalue weighted by Gasteiger charge is -2.08. The number of rotatable bonds is 2. The summed E-state index contributed by atoms with van der Waals surface area (Å²) in [5.41, 5.74) is 0.887. The lowest BCUT2D eigenvalue weighted by molar-refractivity contribution is 1.26. The van der Waals surface area contributed by atoms with Crippen LogP contribution in [0.3, 0.4) is 0 Å². The molecule has 1 N–H and O–H groups in total. The Labute approximate surface area is 115 Å². The molecule has 0 amide bonds. The zero-order valence-corrected chi connectivity index (χ0v) is 12.0. The molecule has 0 aliphatic rings. The summed E-state index contributed by atoms with van der Waals surface area (Å²) >= 11 is 12.7. The number of halogens is 3. The van der Waals surface area contributed by atoms with Gasteiger partial charge in [-0.05, 0) is 62.2 Å². The van der Waals surface area contributed by atoms with Crippen molar-refractivity contribution in [1.29, 1.82) is 0 Å². The molecule has 0 spiro atoms. The van der Waals surface area contributed by atoms with Crippen LogP contribution < -0.4 is 5.32 Å². The Balaban J connectivity index is 2.30. The van der Waals surface area contributed by atoms with Crippen molar-refractivity contribution in [3.8, 4) is 0 Å². The van der Waals surface area contributed by atoms with Crippen molar-refractivity contribution < 1.29 is 0 Å². The van der Waals surface area contributed by atoms with Crippen LogP contribution in [0.25, 0.3) is 0 Å². The molecule has 2 aromatic rings. The van der Waals surface area contributed by atoms with E-state index in [-0.39, 0.29) is 0 Å². The van der Waals surface area contributed by atoms with Gasteiger partial charge in [-0.15, -0.1) is 0 Å². The van der Waals surface area contributed by atoms with E-state index in [0.717, 1.165) is 20.6 Å². The molecule has 1 aromatic carbocycles. The van der Waals surface area contributed by atoms with E-state index in [4.69, 9.17) is 11.6 Å². The minimum Gasteiger partial charge on any atom is -0.339 e. The summed E-state index contributed by atoms with van der Waals surface area (Å²) in [5.74, 6) is 0.761. The van der Waals surface area contributed by atoms with E-state index >= 15 is 0 Å². The number of pyridine rings is 1. The first-order valence-corrected chi connectivity index (χ1v) is 6.46. The lowest BCUT2D eigenvalue weighted by atomic mass is 10.3. The van der Waals surface area contributed by atoms with Crippen LogP contribution in [-0.4, -0.2) is 4.98 Å². The predicted octanol–water partition coefficient (Wildman–Crippen LogP) is 5.00. The van der Waals surface area contributed by atoms with Gasteiger partial charge >= 0.3 is 0 Å². The van der Waals surface area contributed by atoms with Gasteiger partial charge in [0.25, 0.3) is 0 Å². The molecule has 0 fully saturated rings. The number of hydrogen-bond donors (Lipinski definition) is 1. The van der Waals surface area contributed by atoms with Gasteiger partial charge < -0.3 is 5.32 Å². The van der Waals surface area contributed by atoms with E-state index in [1.165, 1.54) is 0 Å². The van der Waals surface area contributed by atoms with E-state index in [1.54, 1.807) is 0 Å². The number of hydrogen-bond acceptors (Lipinski definition) is 2. The van der Waals surface area contributed by atoms with Crippen molar-refractivity contribution in [3.05, 3.63) is 50.5 Å². The largest absolute Gasteiger partial charge is 0.339 e. The molecular formula is C11H7Br2ClN2. The first-order valence-electron chi connectivity index (χ1n) is 4.50. The van der Waals surface area contributed by atoms with Crippen LogP contribution in [0, 0.1) is 0 Å². The Morgan fingerprint density at radius 2 is 1.94 bits per heavy atom. The molecule has 2 rings (SSSR count). The van der Waals surface area contributed by atoms with Crippen LogP contribution in [0.15, 0.2) is 45.5 Å². The molecule has 2 nitrogen and oxygen atoms in total. The first-order chi connectivity index (χ1) is 7.65. The Morgan fingerprint density at radius 3 is 2.69 bits per heavy atom. The highest BCUT2D eigenvalue weighted by atomic mass is 79.9. The zero-order chi connectivity index (χ0) is 11.5. The molecular weight excluding hydrogens is 355 g/mol. The number of anilines is 2. The Bertz CT molecular complexity index is 517. The van der Waals surface area contributed by atoms with Crippen molar-refractivity contribution >= 4 is 55.0 Å². The Hall–Kier alpha value is -0.580. The lowest BCUT2D eigenvalue weighted by Crippen LogP contribution is -1.94. The number of nitrogens with one attached hydrogen (secondary N) is 1. The fourth-order valence-electron chi connectivity index (χ4n) is 1.21. The highest BCUT2D eigenvalue weighted by Gasteiger charge is 2.02. The second-order valence-electron chi connectivity index (χ2n) is 3.09. The molecule has 0 bridgehead atoms. The van der Waals surface area contributed by atoms with Crippen molar-refractivity contribution in [3.63, 3.8) is 0 Å². The van der Waals surface area contributed by atoms with Crippen molar-refractivity contribution in [2.24, 2.45) is 0 Å². The van der Waals surface area contributed by atoms with Gasteiger partial charge in [-0.1, -0.05) is 17.7 Å². The summed E-state index contributed by atoms with van der Waals surface area (Å²) in [5, 5.41) is 3.86. The average Bonchev–Trinajstić information content (AvgIpc) is 2.24. The van der Waals surface area contributed by atoms with E-state index < -0.39 is 0 Å². The summed E-state index contributed by atoms with van der Waals surface area (Å²) in [7, 11) is 0. The monoisotopic (exact) mass is 360 g/mol. The van der Waals surface area contributed by atoms with Crippen LogP contribution >= 0.6 is 43.5 Å². The van der Waals surface area contributed by atoms with Gasteiger partial charge in [0.15, 0.2) is 0 Å². The summed E-state index contributed by atoms with van der Waals surface area (Å²) < 4.78 is 1.73. The van der Waals surface area contributed by atoms with Gasteiger partial charge in [-0.3, -0.25) is 0 Å². The number of nitrogens with zero attached hydrogens (tertiary/aromatic N) is 1. The highest BCUT2D eigenvalue weighted by Crippen LogP contribution is 2.28. The van der Waals surface area contributed by atoms with Crippen molar-refractivity contribution in [2.75, 3.05) is 5.32 Å². The summed E-state index contributed by atoms with van der Waals surface area (Å²) in [6.45, 7) is 0. The van der Waals surface area contributed by atoms with Crippen molar-refractivity contribution in [1.82, 2.24) is 4.98 Å². The number of aromatic nitrogens is 1. The smallest absolute Gasteiger partial charge is 0.131 e. The topological polar surface area (TPSA) is 24.9 Å². The van der Waals surface area contributed by atoms with Gasteiger partial charge in [0, 0.05) is 9.50 Å². The normalized spacial score (nSPS) is 10.2. The summed E-state index contributed by atoms with van der Waals surface area (Å²) in [6, 6.07) is 11.2. The van der Waals surface area contributed by atoms with E-state index in [2.05, 4.69) is 42.2 Å². The van der Waals surface area contributed by atoms with Crippen LogP contribution in [-0.2, 0) is 0 Å². The SMILES string of the molecule is Clc1ccc(Br)c(Nc2cccc(Br)n2)c1. The van der Waals surface area contributed by atoms with E-state index in [1.807, 2.05) is 36.4 Å². The van der Waals surface area contributed by atoms with Gasteiger partial charge in [0.05, 0.1) is 5.69 Å².